The molecular formula is C4H6N2S. The van der Waals surface area contributed by atoms with Crippen molar-refractivity contribution in [3.05, 3.63) is 0 Å². The first-order valence-electron chi connectivity index (χ1n) is 2.14. The normalized spacial score (nSPS) is 29.9. The summed E-state index contributed by atoms with van der Waals surface area (Å²) in [5.74, 6) is 1.90. The number of hydrogen-bond acceptors (Lipinski definition) is 3. The summed E-state index contributed by atoms with van der Waals surface area (Å²) in [5, 5.41) is 11.2. The summed E-state index contributed by atoms with van der Waals surface area (Å²) >= 11 is 1.77. The molecule has 0 amide bonds. The number of nitrogens with one attached hydrogen (secondary N) is 1. The quantitative estimate of drug-likeness (QED) is 0.487. The van der Waals surface area contributed by atoms with Crippen molar-refractivity contribution in [3.63, 3.8) is 0 Å². The van der Waals surface area contributed by atoms with Gasteiger partial charge in [0.25, 0.3) is 0 Å². The zero-order valence-corrected chi connectivity index (χ0v) is 4.66. The Bertz CT molecular complexity index is 90.4. The predicted molar refractivity (Wildman–Crippen MR) is 29.9 cm³/mol. The number of rotatable bonds is 0. The van der Waals surface area contributed by atoms with Crippen LogP contribution in [0, 0.1) is 11.3 Å². The molecule has 1 N–H and O–H groups in total. The van der Waals surface area contributed by atoms with Crippen molar-refractivity contribution in [1.82, 2.24) is 5.32 Å². The van der Waals surface area contributed by atoms with Gasteiger partial charge in [0.1, 0.15) is 6.04 Å². The van der Waals surface area contributed by atoms with Gasteiger partial charge in [0.05, 0.1) is 6.07 Å². The Morgan fingerprint density at radius 1 is 1.86 bits per heavy atom. The van der Waals surface area contributed by atoms with Crippen molar-refractivity contribution in [2.24, 2.45) is 0 Å². The molecule has 0 bridgehead atoms. The first kappa shape index (κ1) is 4.95. The molecule has 1 rings (SSSR count). The van der Waals surface area contributed by atoms with Crippen LogP contribution in [0.1, 0.15) is 0 Å². The molecule has 0 aromatic heterocycles. The van der Waals surface area contributed by atoms with Gasteiger partial charge in [-0.1, -0.05) is 0 Å². The van der Waals surface area contributed by atoms with Crippen LogP contribution in [0.2, 0.25) is 0 Å². The molecule has 0 aromatic carbocycles. The lowest BCUT2D eigenvalue weighted by Gasteiger charge is -1.90. The average Bonchev–Trinajstić information content (AvgIpc) is 2.14. The SMILES string of the molecule is N#CC1CSCN1. The van der Waals surface area contributed by atoms with E-state index in [9.17, 15) is 0 Å². The average molecular weight is 114 g/mol. The first-order chi connectivity index (χ1) is 3.43. The largest absolute Gasteiger partial charge is 0.292 e. The maximum Gasteiger partial charge on any atom is 0.105 e. The van der Waals surface area contributed by atoms with Crippen LogP contribution in [-0.4, -0.2) is 17.7 Å². The Morgan fingerprint density at radius 2 is 2.71 bits per heavy atom. The summed E-state index contributed by atoms with van der Waals surface area (Å²) in [6.45, 7) is 0. The molecule has 3 heteroatoms. The number of thioether (sulfide) groups is 1. The van der Waals surface area contributed by atoms with E-state index in [1.807, 2.05) is 0 Å². The summed E-state index contributed by atoms with van der Waals surface area (Å²) in [5.41, 5.74) is 0. The number of hydrogen-bond donors (Lipinski definition) is 1. The molecule has 1 aliphatic heterocycles. The number of nitriles is 1. The van der Waals surface area contributed by atoms with E-state index >= 15 is 0 Å². The van der Waals surface area contributed by atoms with Crippen molar-refractivity contribution < 1.29 is 0 Å². The highest BCUT2D eigenvalue weighted by Gasteiger charge is 2.11. The summed E-state index contributed by atoms with van der Waals surface area (Å²) in [6.07, 6.45) is 0. The van der Waals surface area contributed by atoms with Gasteiger partial charge < -0.3 is 0 Å². The van der Waals surface area contributed by atoms with Crippen LogP contribution >= 0.6 is 11.8 Å². The van der Waals surface area contributed by atoms with Gasteiger partial charge in [-0.15, -0.1) is 11.8 Å². The molecule has 1 atom stereocenters. The maximum absolute atomic E-state index is 8.24. The zero-order valence-electron chi connectivity index (χ0n) is 3.85. The molecule has 0 saturated carbocycles. The van der Waals surface area contributed by atoms with Crippen LogP contribution < -0.4 is 5.32 Å². The fourth-order valence-corrected chi connectivity index (χ4v) is 1.34. The first-order valence-corrected chi connectivity index (χ1v) is 3.29. The van der Waals surface area contributed by atoms with Gasteiger partial charge >= 0.3 is 0 Å². The van der Waals surface area contributed by atoms with E-state index in [0.29, 0.717) is 0 Å². The number of nitrogens with zero attached hydrogens (tertiary/aromatic N) is 1. The van der Waals surface area contributed by atoms with E-state index in [4.69, 9.17) is 5.26 Å². The van der Waals surface area contributed by atoms with Crippen LogP contribution in [0.4, 0.5) is 0 Å². The fourth-order valence-electron chi connectivity index (χ4n) is 0.478. The minimum absolute atomic E-state index is 0.116. The van der Waals surface area contributed by atoms with Crippen molar-refractivity contribution in [2.45, 2.75) is 6.04 Å². The highest BCUT2D eigenvalue weighted by Crippen LogP contribution is 2.07. The van der Waals surface area contributed by atoms with Crippen LogP contribution in [0.15, 0.2) is 0 Å². The van der Waals surface area contributed by atoms with Gasteiger partial charge in [-0.3, -0.25) is 5.32 Å². The molecule has 2 nitrogen and oxygen atoms in total. The van der Waals surface area contributed by atoms with E-state index in [1.165, 1.54) is 0 Å². The topological polar surface area (TPSA) is 35.8 Å². The summed E-state index contributed by atoms with van der Waals surface area (Å²) in [4.78, 5) is 0. The molecule has 0 aliphatic carbocycles. The minimum atomic E-state index is 0.116. The second kappa shape index (κ2) is 2.20. The summed E-state index contributed by atoms with van der Waals surface area (Å²) < 4.78 is 0. The molecule has 1 saturated heterocycles. The zero-order chi connectivity index (χ0) is 5.11. The van der Waals surface area contributed by atoms with Crippen LogP contribution in [0.3, 0.4) is 0 Å². The van der Waals surface area contributed by atoms with Gasteiger partial charge in [-0.2, -0.15) is 5.26 Å². The lowest BCUT2D eigenvalue weighted by Crippen LogP contribution is -2.20. The Balaban J connectivity index is 2.31. The van der Waals surface area contributed by atoms with Crippen molar-refractivity contribution >= 4 is 11.8 Å². The molecule has 7 heavy (non-hydrogen) atoms. The molecule has 0 aromatic rings. The molecule has 38 valence electrons. The Labute approximate surface area is 46.9 Å². The smallest absolute Gasteiger partial charge is 0.105 e. The second-order valence-electron chi connectivity index (χ2n) is 1.40. The monoisotopic (exact) mass is 114 g/mol. The van der Waals surface area contributed by atoms with Gasteiger partial charge in [-0.25, -0.2) is 0 Å². The maximum atomic E-state index is 8.24. The summed E-state index contributed by atoms with van der Waals surface area (Å²) in [6, 6.07) is 2.25. The molecular weight excluding hydrogens is 108 g/mol. The standard InChI is InChI=1S/C4H6N2S/c5-1-4-2-7-3-6-4/h4,6H,2-3H2. The highest BCUT2D eigenvalue weighted by atomic mass is 32.2. The third-order valence-corrected chi connectivity index (χ3v) is 1.81. The molecule has 1 heterocycles. The molecule has 1 fully saturated rings. The van der Waals surface area contributed by atoms with E-state index in [-0.39, 0.29) is 6.04 Å². The lowest BCUT2D eigenvalue weighted by atomic mass is 10.4. The Kier molecular flexibility index (Phi) is 1.55. The van der Waals surface area contributed by atoms with E-state index < -0.39 is 0 Å². The van der Waals surface area contributed by atoms with Crippen molar-refractivity contribution in [1.29, 1.82) is 5.26 Å². The predicted octanol–water partition coefficient (Wildman–Crippen LogP) is 0.172. The van der Waals surface area contributed by atoms with E-state index in [1.54, 1.807) is 11.8 Å². The molecule has 1 aliphatic rings. The van der Waals surface area contributed by atoms with E-state index in [2.05, 4.69) is 11.4 Å². The molecule has 0 spiro atoms. The Hall–Kier alpha value is -0.200. The second-order valence-corrected chi connectivity index (χ2v) is 2.43. The van der Waals surface area contributed by atoms with Crippen molar-refractivity contribution in [2.75, 3.05) is 11.6 Å². The van der Waals surface area contributed by atoms with Gasteiger partial charge in [0.2, 0.25) is 0 Å². The van der Waals surface area contributed by atoms with Crippen molar-refractivity contribution in [3.8, 4) is 6.07 Å². The third-order valence-electron chi connectivity index (χ3n) is 0.872. The van der Waals surface area contributed by atoms with E-state index in [0.717, 1.165) is 11.6 Å². The fraction of sp³-hybridized carbons (Fsp3) is 0.750. The third kappa shape index (κ3) is 1.08. The van der Waals surface area contributed by atoms with Gasteiger partial charge in [0, 0.05) is 11.6 Å². The van der Waals surface area contributed by atoms with Crippen LogP contribution in [0.25, 0.3) is 0 Å². The highest BCUT2D eigenvalue weighted by molar-refractivity contribution is 7.99. The van der Waals surface area contributed by atoms with Gasteiger partial charge in [0.15, 0.2) is 0 Å². The molecule has 0 radical (unpaired) electrons. The lowest BCUT2D eigenvalue weighted by molar-refractivity contribution is 0.765. The van der Waals surface area contributed by atoms with Gasteiger partial charge in [-0.05, 0) is 0 Å². The molecule has 1 unspecified atom stereocenters. The van der Waals surface area contributed by atoms with Crippen LogP contribution in [0.5, 0.6) is 0 Å². The van der Waals surface area contributed by atoms with Crippen LogP contribution in [-0.2, 0) is 0 Å². The summed E-state index contributed by atoms with van der Waals surface area (Å²) in [7, 11) is 0. The minimum Gasteiger partial charge on any atom is -0.292 e. The Morgan fingerprint density at radius 3 is 3.00 bits per heavy atom.